The van der Waals surface area contributed by atoms with Gasteiger partial charge < -0.3 is 19.9 Å². The number of benzene rings is 3. The van der Waals surface area contributed by atoms with Gasteiger partial charge in [-0.1, -0.05) is 35.3 Å². The maximum Gasteiger partial charge on any atom is 0.335 e. The van der Waals surface area contributed by atoms with E-state index in [1.165, 1.54) is 43.5 Å². The van der Waals surface area contributed by atoms with Crippen molar-refractivity contribution in [1.82, 2.24) is 9.97 Å². The van der Waals surface area contributed by atoms with Crippen molar-refractivity contribution in [3.8, 4) is 5.75 Å². The fourth-order valence-corrected chi connectivity index (χ4v) is 4.52. The number of hydrogen-bond acceptors (Lipinski definition) is 6. The molecule has 1 amide bonds. The summed E-state index contributed by atoms with van der Waals surface area (Å²) in [5.41, 5.74) is 1.22. The van der Waals surface area contributed by atoms with Crippen molar-refractivity contribution in [1.29, 1.82) is 0 Å². The van der Waals surface area contributed by atoms with Crippen LogP contribution in [-0.2, 0) is 9.59 Å². The number of carboxylic acids is 1. The molecule has 5 rings (SSSR count). The number of methoxy groups -OCH3 is 1. The Bertz CT molecular complexity index is 1640. The molecule has 1 saturated heterocycles. The molecule has 3 N–H and O–H groups in total. The summed E-state index contributed by atoms with van der Waals surface area (Å²) in [7, 11) is 1.48. The van der Waals surface area contributed by atoms with Crippen molar-refractivity contribution in [3.05, 3.63) is 93.0 Å². The van der Waals surface area contributed by atoms with Gasteiger partial charge in [-0.25, -0.2) is 9.78 Å². The van der Waals surface area contributed by atoms with Gasteiger partial charge in [-0.05, 0) is 54.1 Å². The van der Waals surface area contributed by atoms with Crippen molar-refractivity contribution < 1.29 is 29.3 Å². The lowest BCUT2D eigenvalue weighted by Gasteiger charge is -2.23. The van der Waals surface area contributed by atoms with Crippen molar-refractivity contribution in [2.75, 3.05) is 12.0 Å². The molecule has 37 heavy (non-hydrogen) atoms. The van der Waals surface area contributed by atoms with Gasteiger partial charge in [0.15, 0.2) is 0 Å². The molecular formula is C26H17Cl2N3O6. The third-order valence-electron chi connectivity index (χ3n) is 5.99. The van der Waals surface area contributed by atoms with E-state index in [2.05, 4.69) is 9.97 Å². The summed E-state index contributed by atoms with van der Waals surface area (Å²) in [5.74, 6) is -2.99. The largest absolute Gasteiger partial charge is 0.507 e. The van der Waals surface area contributed by atoms with E-state index in [0.29, 0.717) is 22.3 Å². The minimum atomic E-state index is -1.13. The lowest BCUT2D eigenvalue weighted by atomic mass is 9.95. The van der Waals surface area contributed by atoms with Crippen LogP contribution in [0.15, 0.2) is 66.2 Å². The van der Waals surface area contributed by atoms with Crippen molar-refractivity contribution in [2.45, 2.75) is 6.04 Å². The third-order valence-corrected chi connectivity index (χ3v) is 6.73. The highest BCUT2D eigenvalue weighted by molar-refractivity contribution is 6.51. The zero-order chi connectivity index (χ0) is 26.4. The zero-order valence-corrected chi connectivity index (χ0v) is 20.5. The van der Waals surface area contributed by atoms with Crippen LogP contribution in [0.25, 0.3) is 16.8 Å². The van der Waals surface area contributed by atoms with Gasteiger partial charge in [0.1, 0.15) is 11.5 Å². The van der Waals surface area contributed by atoms with Crippen LogP contribution in [0, 0.1) is 0 Å². The molecule has 0 saturated carbocycles. The summed E-state index contributed by atoms with van der Waals surface area (Å²) in [6, 6.07) is 14.2. The number of aromatic nitrogens is 2. The Labute approximate surface area is 219 Å². The minimum Gasteiger partial charge on any atom is -0.507 e. The maximum absolute atomic E-state index is 13.4. The molecule has 186 valence electrons. The number of carbonyl (C=O) groups excluding carboxylic acids is 2. The number of fused-ring (bicyclic) bond motifs is 1. The van der Waals surface area contributed by atoms with E-state index in [1.54, 1.807) is 24.3 Å². The second-order valence-electron chi connectivity index (χ2n) is 8.17. The summed E-state index contributed by atoms with van der Waals surface area (Å²) in [6.45, 7) is 0. The minimum absolute atomic E-state index is 0.000599. The predicted molar refractivity (Wildman–Crippen MR) is 137 cm³/mol. The number of anilines is 1. The highest BCUT2D eigenvalue weighted by Gasteiger charge is 2.48. The van der Waals surface area contributed by atoms with Gasteiger partial charge >= 0.3 is 11.9 Å². The first-order valence-corrected chi connectivity index (χ1v) is 11.6. The van der Waals surface area contributed by atoms with Crippen LogP contribution in [-0.4, -0.2) is 45.0 Å². The van der Waals surface area contributed by atoms with Crippen LogP contribution in [0.2, 0.25) is 10.0 Å². The number of halogens is 2. The predicted octanol–water partition coefficient (Wildman–Crippen LogP) is 5.20. The fraction of sp³-hybridized carbons (Fsp3) is 0.0769. The number of H-pyrrole nitrogens is 1. The molecule has 0 bridgehead atoms. The van der Waals surface area contributed by atoms with E-state index in [0.717, 1.165) is 4.90 Å². The number of hydrogen-bond donors (Lipinski definition) is 3. The Morgan fingerprint density at radius 2 is 1.76 bits per heavy atom. The number of amides is 1. The average Bonchev–Trinajstić information content (AvgIpc) is 3.42. The highest BCUT2D eigenvalue weighted by atomic mass is 35.5. The number of carbonyl (C=O) groups is 3. The number of aliphatic hydroxyl groups excluding tert-OH is 1. The lowest BCUT2D eigenvalue weighted by molar-refractivity contribution is -0.132. The normalized spacial score (nSPS) is 16.9. The summed E-state index contributed by atoms with van der Waals surface area (Å²) < 4.78 is 5.32. The van der Waals surface area contributed by atoms with Gasteiger partial charge in [-0.3, -0.25) is 14.5 Å². The number of aromatic carboxylic acids is 1. The van der Waals surface area contributed by atoms with Crippen molar-refractivity contribution in [3.63, 3.8) is 0 Å². The molecule has 3 aromatic carbocycles. The summed E-state index contributed by atoms with van der Waals surface area (Å²) in [5, 5.41) is 21.0. The Balaban J connectivity index is 1.73. The summed E-state index contributed by atoms with van der Waals surface area (Å²) >= 11 is 12.1. The Morgan fingerprint density at radius 1 is 1.00 bits per heavy atom. The number of ether oxygens (including phenoxy) is 1. The Morgan fingerprint density at radius 3 is 2.46 bits per heavy atom. The second-order valence-corrected chi connectivity index (χ2v) is 8.99. The maximum atomic E-state index is 13.4. The number of imidazole rings is 1. The molecule has 1 aromatic heterocycles. The van der Waals surface area contributed by atoms with E-state index >= 15 is 0 Å². The van der Waals surface area contributed by atoms with Gasteiger partial charge in [0.05, 0.1) is 45.4 Å². The number of Topliss-reactive ketones (excluding diaryl/α,β-unsaturated/α-hetero) is 1. The molecule has 1 aliphatic heterocycles. The summed E-state index contributed by atoms with van der Waals surface area (Å²) in [4.78, 5) is 46.6. The topological polar surface area (TPSA) is 133 Å². The quantitative estimate of drug-likeness (QED) is 0.181. The van der Waals surface area contributed by atoms with Crippen LogP contribution >= 0.6 is 23.2 Å². The fourth-order valence-electron chi connectivity index (χ4n) is 4.22. The van der Waals surface area contributed by atoms with Gasteiger partial charge in [-0.2, -0.15) is 0 Å². The molecule has 2 heterocycles. The number of ketones is 1. The second kappa shape index (κ2) is 9.27. The van der Waals surface area contributed by atoms with Crippen molar-refractivity contribution in [2.24, 2.45) is 0 Å². The molecule has 4 aromatic rings. The number of nitrogens with one attached hydrogen (secondary N) is 1. The van der Waals surface area contributed by atoms with Gasteiger partial charge in [0.2, 0.25) is 5.95 Å². The lowest BCUT2D eigenvalue weighted by Crippen LogP contribution is -2.30. The van der Waals surface area contributed by atoms with Gasteiger partial charge in [0.25, 0.3) is 5.78 Å². The molecule has 1 fully saturated rings. The van der Waals surface area contributed by atoms with Gasteiger partial charge in [-0.15, -0.1) is 0 Å². The van der Waals surface area contributed by atoms with E-state index in [9.17, 15) is 24.6 Å². The smallest absolute Gasteiger partial charge is 0.335 e. The Kier molecular flexibility index (Phi) is 6.10. The summed E-state index contributed by atoms with van der Waals surface area (Å²) in [6.07, 6.45) is 0. The number of aliphatic hydroxyl groups is 1. The first-order valence-electron chi connectivity index (χ1n) is 10.8. The first-order chi connectivity index (χ1) is 17.7. The standard InChI is InChI=1S/C26H17Cl2N3O6/c1-37-15-4-2-3-12(9-15)21-20(22(32)13-5-7-16(27)17(28)10-13)23(33)24(34)31(21)26-29-18-8-6-14(25(35)36)11-19(18)30-26/h2-11,21,32H,1H3,(H,29,30)(H,35,36)/b22-20+. The SMILES string of the molecule is COc1cccc(C2/C(=C(\O)c3ccc(Cl)c(Cl)c3)C(=O)C(=O)N2c2nc3ccc(C(=O)O)cc3[nH]2)c1. The van der Waals surface area contributed by atoms with Crippen molar-refractivity contribution >= 4 is 63.6 Å². The van der Waals surface area contributed by atoms with Crippen LogP contribution in [0.5, 0.6) is 5.75 Å². The van der Waals surface area contributed by atoms with E-state index in [4.69, 9.17) is 27.9 Å². The Hall–Kier alpha value is -4.34. The number of rotatable bonds is 5. The van der Waals surface area contributed by atoms with E-state index < -0.39 is 29.5 Å². The molecule has 1 aliphatic rings. The van der Waals surface area contributed by atoms with E-state index in [-0.39, 0.29) is 32.7 Å². The zero-order valence-electron chi connectivity index (χ0n) is 19.0. The first kappa shape index (κ1) is 24.4. The third kappa shape index (κ3) is 4.18. The molecule has 11 heteroatoms. The molecule has 0 radical (unpaired) electrons. The number of aromatic amines is 1. The van der Waals surface area contributed by atoms with Crippen LogP contribution < -0.4 is 9.64 Å². The molecule has 0 spiro atoms. The van der Waals surface area contributed by atoms with E-state index in [1.807, 2.05) is 0 Å². The molecular weight excluding hydrogens is 521 g/mol. The number of nitrogens with zero attached hydrogens (tertiary/aromatic N) is 2. The van der Waals surface area contributed by atoms with Crippen LogP contribution in [0.3, 0.4) is 0 Å². The highest BCUT2D eigenvalue weighted by Crippen LogP contribution is 2.43. The van der Waals surface area contributed by atoms with Crippen LogP contribution in [0.4, 0.5) is 5.95 Å². The monoisotopic (exact) mass is 537 g/mol. The molecule has 0 aliphatic carbocycles. The average molecular weight is 538 g/mol. The molecule has 9 nitrogen and oxygen atoms in total. The van der Waals surface area contributed by atoms with Crippen LogP contribution in [0.1, 0.15) is 27.5 Å². The molecule has 1 unspecified atom stereocenters. The van der Waals surface area contributed by atoms with Gasteiger partial charge in [0, 0.05) is 5.56 Å². The molecule has 1 atom stereocenters. The number of carboxylic acid groups (broad SMARTS) is 1.